The molecule has 162 valence electrons. The highest BCUT2D eigenvalue weighted by atomic mass is 16.1. The number of amides is 1. The third-order valence-corrected chi connectivity index (χ3v) is 6.08. The van der Waals surface area contributed by atoms with E-state index in [0.717, 1.165) is 49.2 Å². The van der Waals surface area contributed by atoms with Gasteiger partial charge in [0.2, 0.25) is 0 Å². The van der Waals surface area contributed by atoms with Gasteiger partial charge in [-0.1, -0.05) is 41.6 Å². The molecule has 0 saturated carbocycles. The number of nitrogens with zero attached hydrogens (tertiary/aromatic N) is 5. The number of benzene rings is 2. The minimum absolute atomic E-state index is 0.0508. The summed E-state index contributed by atoms with van der Waals surface area (Å²) in [5.41, 5.74) is 5.18. The summed E-state index contributed by atoms with van der Waals surface area (Å²) in [6.45, 7) is 4.92. The van der Waals surface area contributed by atoms with Crippen LogP contribution in [0.4, 0.5) is 0 Å². The van der Waals surface area contributed by atoms with Crippen LogP contribution in [0.15, 0.2) is 66.9 Å². The summed E-state index contributed by atoms with van der Waals surface area (Å²) < 4.78 is 1.70. The van der Waals surface area contributed by atoms with Crippen LogP contribution >= 0.6 is 0 Å². The molecule has 2 aromatic carbocycles. The molecule has 32 heavy (non-hydrogen) atoms. The number of hydrogen-bond acceptors (Lipinski definition) is 5. The number of piperidine rings is 1. The zero-order chi connectivity index (χ0) is 21.9. The highest BCUT2D eigenvalue weighted by molar-refractivity contribution is 5.95. The van der Waals surface area contributed by atoms with Gasteiger partial charge in [0, 0.05) is 37.4 Å². The van der Waals surface area contributed by atoms with E-state index in [1.807, 2.05) is 43.3 Å². The van der Waals surface area contributed by atoms with E-state index in [1.54, 1.807) is 10.9 Å². The molecule has 4 aromatic rings. The molecule has 0 unspecified atom stereocenters. The van der Waals surface area contributed by atoms with Crippen molar-refractivity contribution in [2.24, 2.45) is 0 Å². The predicted molar refractivity (Wildman–Crippen MR) is 124 cm³/mol. The van der Waals surface area contributed by atoms with Gasteiger partial charge < -0.3 is 5.32 Å². The van der Waals surface area contributed by atoms with Gasteiger partial charge in [-0.15, -0.1) is 5.10 Å². The lowest BCUT2D eigenvalue weighted by molar-refractivity contribution is 0.0909. The van der Waals surface area contributed by atoms with Crippen LogP contribution in [0.2, 0.25) is 0 Å². The van der Waals surface area contributed by atoms with Gasteiger partial charge >= 0.3 is 0 Å². The third-order valence-electron chi connectivity index (χ3n) is 6.08. The van der Waals surface area contributed by atoms with Crippen molar-refractivity contribution in [1.82, 2.24) is 30.2 Å². The molecule has 1 aliphatic rings. The van der Waals surface area contributed by atoms with Crippen molar-refractivity contribution < 1.29 is 4.79 Å². The van der Waals surface area contributed by atoms with Crippen LogP contribution in [-0.4, -0.2) is 49.9 Å². The minimum atomic E-state index is -0.0508. The van der Waals surface area contributed by atoms with E-state index in [4.69, 9.17) is 0 Å². The molecule has 2 aromatic heterocycles. The van der Waals surface area contributed by atoms with Crippen LogP contribution in [-0.2, 0) is 6.54 Å². The first kappa shape index (κ1) is 20.3. The molecule has 1 saturated heterocycles. The molecule has 7 nitrogen and oxygen atoms in total. The number of hydrogen-bond donors (Lipinski definition) is 1. The Morgan fingerprint density at radius 2 is 1.88 bits per heavy atom. The largest absolute Gasteiger partial charge is 0.349 e. The lowest BCUT2D eigenvalue weighted by Crippen LogP contribution is -2.44. The first-order valence-electron chi connectivity index (χ1n) is 11.0. The average Bonchev–Trinajstić information content (AvgIpc) is 3.25. The highest BCUT2D eigenvalue weighted by Gasteiger charge is 2.22. The molecule has 0 radical (unpaired) electrons. The maximum atomic E-state index is 13.0. The van der Waals surface area contributed by atoms with Crippen molar-refractivity contribution in [2.45, 2.75) is 32.4 Å². The Morgan fingerprint density at radius 3 is 2.69 bits per heavy atom. The van der Waals surface area contributed by atoms with Crippen LogP contribution in [0.5, 0.6) is 0 Å². The minimum Gasteiger partial charge on any atom is -0.349 e. The second-order valence-corrected chi connectivity index (χ2v) is 8.36. The van der Waals surface area contributed by atoms with Crippen molar-refractivity contribution in [1.29, 1.82) is 0 Å². The molecule has 7 heteroatoms. The number of aryl methyl sites for hydroxylation is 1. The molecule has 0 atom stereocenters. The van der Waals surface area contributed by atoms with Gasteiger partial charge in [0.25, 0.3) is 5.91 Å². The van der Waals surface area contributed by atoms with Crippen molar-refractivity contribution >= 4 is 17.1 Å². The first-order chi connectivity index (χ1) is 15.7. The van der Waals surface area contributed by atoms with Crippen LogP contribution in [0.1, 0.15) is 34.3 Å². The monoisotopic (exact) mass is 426 g/mol. The van der Waals surface area contributed by atoms with Gasteiger partial charge in [0.1, 0.15) is 5.52 Å². The summed E-state index contributed by atoms with van der Waals surface area (Å²) in [7, 11) is 0. The number of rotatable bonds is 5. The van der Waals surface area contributed by atoms with Crippen LogP contribution in [0.3, 0.4) is 0 Å². The van der Waals surface area contributed by atoms with E-state index in [9.17, 15) is 4.79 Å². The maximum Gasteiger partial charge on any atom is 0.251 e. The Hall–Kier alpha value is -3.58. The third kappa shape index (κ3) is 4.24. The zero-order valence-electron chi connectivity index (χ0n) is 18.1. The van der Waals surface area contributed by atoms with E-state index in [1.165, 1.54) is 5.56 Å². The predicted octanol–water partition coefficient (Wildman–Crippen LogP) is 3.52. The van der Waals surface area contributed by atoms with Gasteiger partial charge in [0.05, 0.1) is 5.69 Å². The lowest BCUT2D eigenvalue weighted by Gasteiger charge is -2.32. The van der Waals surface area contributed by atoms with E-state index in [2.05, 4.69) is 49.8 Å². The molecule has 0 spiro atoms. The molecule has 1 aliphatic heterocycles. The van der Waals surface area contributed by atoms with Crippen molar-refractivity contribution in [3.63, 3.8) is 0 Å². The zero-order valence-corrected chi connectivity index (χ0v) is 18.1. The van der Waals surface area contributed by atoms with E-state index in [0.29, 0.717) is 11.2 Å². The highest BCUT2D eigenvalue weighted by Crippen LogP contribution is 2.20. The van der Waals surface area contributed by atoms with Crippen LogP contribution in [0.25, 0.3) is 16.9 Å². The summed E-state index contributed by atoms with van der Waals surface area (Å²) in [5.74, 6) is -0.0508. The summed E-state index contributed by atoms with van der Waals surface area (Å²) in [5, 5.41) is 11.7. The molecule has 0 aliphatic carbocycles. The lowest BCUT2D eigenvalue weighted by atomic mass is 10.0. The van der Waals surface area contributed by atoms with Gasteiger partial charge in [0.15, 0.2) is 5.65 Å². The Balaban J connectivity index is 1.25. The fraction of sp³-hybridized carbons (Fsp3) is 0.280. The molecule has 1 fully saturated rings. The number of likely N-dealkylation sites (tertiary alicyclic amines) is 1. The summed E-state index contributed by atoms with van der Waals surface area (Å²) >= 11 is 0. The Bertz CT molecular complexity index is 1230. The topological polar surface area (TPSA) is 75.9 Å². The molecule has 3 heterocycles. The van der Waals surface area contributed by atoms with Crippen molar-refractivity contribution in [3.05, 3.63) is 83.6 Å². The molecule has 5 rings (SSSR count). The van der Waals surface area contributed by atoms with Crippen LogP contribution < -0.4 is 5.32 Å². The number of nitrogens with one attached hydrogen (secondary N) is 1. The standard InChI is InChI=1S/C25H26N6O/c1-18-9-10-20(16-23(18)31-24-22(28-29-31)8-5-13-26-24)25(32)27-21-11-14-30(15-12-21)17-19-6-3-2-4-7-19/h2-10,13,16,21H,11-12,14-15,17H2,1H3,(H,27,32). The van der Waals surface area contributed by atoms with Gasteiger partial charge in [-0.3, -0.25) is 9.69 Å². The average molecular weight is 427 g/mol. The van der Waals surface area contributed by atoms with Crippen molar-refractivity contribution in [2.75, 3.05) is 13.1 Å². The number of aromatic nitrogens is 4. The number of fused-ring (bicyclic) bond motifs is 1. The molecule has 1 amide bonds. The second-order valence-electron chi connectivity index (χ2n) is 8.36. The number of pyridine rings is 1. The van der Waals surface area contributed by atoms with Gasteiger partial charge in [-0.2, -0.15) is 4.68 Å². The van der Waals surface area contributed by atoms with Gasteiger partial charge in [-0.25, -0.2) is 4.98 Å². The maximum absolute atomic E-state index is 13.0. The first-order valence-corrected chi connectivity index (χ1v) is 11.0. The Morgan fingerprint density at radius 1 is 1.06 bits per heavy atom. The van der Waals surface area contributed by atoms with Crippen LogP contribution in [0, 0.1) is 6.92 Å². The summed E-state index contributed by atoms with van der Waals surface area (Å²) in [4.78, 5) is 19.8. The van der Waals surface area contributed by atoms with E-state index >= 15 is 0 Å². The SMILES string of the molecule is Cc1ccc(C(=O)NC2CCN(Cc3ccccc3)CC2)cc1-n1nnc2cccnc21. The molecule has 1 N–H and O–H groups in total. The number of carbonyl (C=O) groups is 1. The van der Waals surface area contributed by atoms with Crippen molar-refractivity contribution in [3.8, 4) is 5.69 Å². The normalized spacial score (nSPS) is 15.2. The molecular formula is C25H26N6O. The Labute approximate surface area is 187 Å². The molecular weight excluding hydrogens is 400 g/mol. The molecule has 0 bridgehead atoms. The second kappa shape index (κ2) is 8.88. The van der Waals surface area contributed by atoms with E-state index in [-0.39, 0.29) is 11.9 Å². The number of carbonyl (C=O) groups excluding carboxylic acids is 1. The Kier molecular flexibility index (Phi) is 5.64. The van der Waals surface area contributed by atoms with E-state index < -0.39 is 0 Å². The quantitative estimate of drug-likeness (QED) is 0.528. The fourth-order valence-corrected chi connectivity index (χ4v) is 4.25. The summed E-state index contributed by atoms with van der Waals surface area (Å²) in [6.07, 6.45) is 3.63. The van der Waals surface area contributed by atoms with Gasteiger partial charge in [-0.05, 0) is 55.2 Å². The summed E-state index contributed by atoms with van der Waals surface area (Å²) in [6, 6.07) is 20.1. The smallest absolute Gasteiger partial charge is 0.251 e. The fourth-order valence-electron chi connectivity index (χ4n) is 4.25.